The summed E-state index contributed by atoms with van der Waals surface area (Å²) >= 11 is 0. The van der Waals surface area contributed by atoms with Crippen LogP contribution in [0.5, 0.6) is 0 Å². The second-order valence-corrected chi connectivity index (χ2v) is 3.84. The molecule has 0 saturated carbocycles. The van der Waals surface area contributed by atoms with Crippen LogP contribution in [0.1, 0.15) is 50.7 Å². The molecule has 0 aliphatic rings. The lowest BCUT2D eigenvalue weighted by molar-refractivity contribution is 0.664. The summed E-state index contributed by atoms with van der Waals surface area (Å²) in [4.78, 5) is 0. The zero-order valence-electron chi connectivity index (χ0n) is 9.47. The van der Waals surface area contributed by atoms with Crippen molar-refractivity contribution in [1.29, 1.82) is 0 Å². The number of aryl methyl sites for hydroxylation is 2. The van der Waals surface area contributed by atoms with E-state index in [2.05, 4.69) is 32.0 Å². The quantitative estimate of drug-likeness (QED) is 0.589. The molecule has 0 fully saturated rings. The van der Waals surface area contributed by atoms with Crippen LogP contribution in [-0.4, -0.2) is 0 Å². The van der Waals surface area contributed by atoms with Crippen molar-refractivity contribution < 1.29 is 0 Å². The van der Waals surface area contributed by atoms with Crippen LogP contribution in [0.3, 0.4) is 0 Å². The second kappa shape index (κ2) is 6.64. The Labute approximate surface area is 88.4 Å². The molecule has 0 saturated heterocycles. The average molecular weight is 189 g/mol. The molecule has 0 aliphatic carbocycles. The molecule has 0 nitrogen and oxygen atoms in total. The van der Waals surface area contributed by atoms with Gasteiger partial charge in [0.25, 0.3) is 0 Å². The Morgan fingerprint density at radius 3 is 2.71 bits per heavy atom. The minimum Gasteiger partial charge on any atom is -0.0654 e. The fourth-order valence-electron chi connectivity index (χ4n) is 1.80. The first kappa shape index (κ1) is 11.3. The van der Waals surface area contributed by atoms with Gasteiger partial charge in [-0.1, -0.05) is 51.3 Å². The fourth-order valence-corrected chi connectivity index (χ4v) is 1.80. The summed E-state index contributed by atoms with van der Waals surface area (Å²) in [5, 5.41) is 0. The van der Waals surface area contributed by atoms with E-state index in [4.69, 9.17) is 0 Å². The number of hydrogen-bond acceptors (Lipinski definition) is 0. The van der Waals surface area contributed by atoms with Crippen LogP contribution < -0.4 is 0 Å². The summed E-state index contributed by atoms with van der Waals surface area (Å²) in [6.45, 7) is 4.48. The first-order chi connectivity index (χ1) is 6.88. The Bertz CT molecular complexity index is 250. The molecular weight excluding hydrogens is 168 g/mol. The molecular formula is C14H21. The van der Waals surface area contributed by atoms with Gasteiger partial charge in [-0.3, -0.25) is 0 Å². The van der Waals surface area contributed by atoms with E-state index in [0.29, 0.717) is 0 Å². The van der Waals surface area contributed by atoms with Crippen molar-refractivity contribution in [2.75, 3.05) is 0 Å². The molecule has 0 aliphatic heterocycles. The van der Waals surface area contributed by atoms with Crippen molar-refractivity contribution in [3.63, 3.8) is 0 Å². The summed E-state index contributed by atoms with van der Waals surface area (Å²) in [5.41, 5.74) is 2.91. The van der Waals surface area contributed by atoms with E-state index in [1.54, 1.807) is 0 Å². The van der Waals surface area contributed by atoms with E-state index < -0.39 is 0 Å². The van der Waals surface area contributed by atoms with Gasteiger partial charge in [0.05, 0.1) is 0 Å². The van der Waals surface area contributed by atoms with Crippen molar-refractivity contribution in [1.82, 2.24) is 0 Å². The minimum absolute atomic E-state index is 1.14. The highest BCUT2D eigenvalue weighted by Gasteiger charge is 1.99. The van der Waals surface area contributed by atoms with Crippen molar-refractivity contribution in [3.05, 3.63) is 35.4 Å². The van der Waals surface area contributed by atoms with Crippen LogP contribution in [0.2, 0.25) is 0 Å². The molecule has 0 N–H and O–H groups in total. The first-order valence-corrected chi connectivity index (χ1v) is 5.87. The van der Waals surface area contributed by atoms with Crippen LogP contribution in [0.25, 0.3) is 0 Å². The van der Waals surface area contributed by atoms with E-state index in [-0.39, 0.29) is 0 Å². The van der Waals surface area contributed by atoms with Crippen LogP contribution >= 0.6 is 0 Å². The zero-order valence-corrected chi connectivity index (χ0v) is 9.47. The molecule has 1 aromatic rings. The smallest absolute Gasteiger partial charge is 0.0146 e. The monoisotopic (exact) mass is 189 g/mol. The fraction of sp³-hybridized carbons (Fsp3) is 0.571. The lowest BCUT2D eigenvalue weighted by Gasteiger charge is -2.06. The van der Waals surface area contributed by atoms with Crippen molar-refractivity contribution in [2.45, 2.75) is 52.4 Å². The molecule has 1 rings (SSSR count). The highest BCUT2D eigenvalue weighted by Crippen LogP contribution is 2.13. The van der Waals surface area contributed by atoms with Crippen molar-refractivity contribution in [3.8, 4) is 0 Å². The molecule has 0 aromatic heterocycles. The lowest BCUT2D eigenvalue weighted by Crippen LogP contribution is -1.92. The second-order valence-electron chi connectivity index (χ2n) is 3.84. The van der Waals surface area contributed by atoms with Gasteiger partial charge in [0.1, 0.15) is 0 Å². The third kappa shape index (κ3) is 3.53. The van der Waals surface area contributed by atoms with Crippen LogP contribution in [-0.2, 0) is 12.8 Å². The molecule has 1 aromatic carbocycles. The number of unbranched alkanes of at least 4 members (excludes halogenated alkanes) is 3. The van der Waals surface area contributed by atoms with Crippen LogP contribution in [0.15, 0.2) is 18.2 Å². The van der Waals surface area contributed by atoms with E-state index in [9.17, 15) is 0 Å². The largest absolute Gasteiger partial charge is 0.0654 e. The molecule has 0 spiro atoms. The molecule has 0 amide bonds. The predicted molar refractivity (Wildman–Crippen MR) is 62.5 cm³/mol. The van der Waals surface area contributed by atoms with Crippen LogP contribution in [0.4, 0.5) is 0 Å². The maximum atomic E-state index is 3.36. The summed E-state index contributed by atoms with van der Waals surface area (Å²) in [6.07, 6.45) is 7.72. The molecule has 0 bridgehead atoms. The van der Waals surface area contributed by atoms with Gasteiger partial charge in [-0.2, -0.15) is 0 Å². The molecule has 1 radical (unpaired) electrons. The highest BCUT2D eigenvalue weighted by molar-refractivity contribution is 5.25. The van der Waals surface area contributed by atoms with Gasteiger partial charge in [0.2, 0.25) is 0 Å². The van der Waals surface area contributed by atoms with E-state index >= 15 is 0 Å². The Balaban J connectivity index is 2.41. The normalized spacial score (nSPS) is 10.4. The molecule has 0 heterocycles. The summed E-state index contributed by atoms with van der Waals surface area (Å²) < 4.78 is 0. The van der Waals surface area contributed by atoms with Gasteiger partial charge in [-0.05, 0) is 36.5 Å². The van der Waals surface area contributed by atoms with Gasteiger partial charge in [0.15, 0.2) is 0 Å². The Hall–Kier alpha value is -0.780. The molecule has 0 heteroatoms. The minimum atomic E-state index is 1.14. The number of rotatable bonds is 6. The number of hydrogen-bond donors (Lipinski definition) is 0. The first-order valence-electron chi connectivity index (χ1n) is 5.87. The number of benzene rings is 1. The summed E-state index contributed by atoms with van der Waals surface area (Å²) in [7, 11) is 0. The van der Waals surface area contributed by atoms with Gasteiger partial charge in [-0.15, -0.1) is 0 Å². The highest BCUT2D eigenvalue weighted by atomic mass is 14.0. The molecule has 77 valence electrons. The van der Waals surface area contributed by atoms with Gasteiger partial charge in [-0.25, -0.2) is 0 Å². The zero-order chi connectivity index (χ0) is 10.2. The molecule has 0 atom stereocenters. The third-order valence-electron chi connectivity index (χ3n) is 2.70. The Morgan fingerprint density at radius 2 is 2.00 bits per heavy atom. The summed E-state index contributed by atoms with van der Waals surface area (Å²) in [6, 6.07) is 9.72. The standard InChI is InChI=1S/C14H21/c1-3-5-6-7-11-14-12-9-8-10-13(14)4-2/h8-10H,3-7,11H2,1-2H3. The summed E-state index contributed by atoms with van der Waals surface area (Å²) in [5.74, 6) is 0. The van der Waals surface area contributed by atoms with E-state index in [1.807, 2.05) is 6.07 Å². The van der Waals surface area contributed by atoms with E-state index in [0.717, 1.165) is 6.42 Å². The van der Waals surface area contributed by atoms with Gasteiger partial charge >= 0.3 is 0 Å². The van der Waals surface area contributed by atoms with Crippen molar-refractivity contribution in [2.24, 2.45) is 0 Å². The third-order valence-corrected chi connectivity index (χ3v) is 2.70. The molecule has 0 unspecified atom stereocenters. The van der Waals surface area contributed by atoms with Crippen LogP contribution in [0, 0.1) is 6.07 Å². The van der Waals surface area contributed by atoms with E-state index in [1.165, 1.54) is 43.2 Å². The lowest BCUT2D eigenvalue weighted by atomic mass is 9.99. The maximum absolute atomic E-state index is 3.36. The average Bonchev–Trinajstić information content (AvgIpc) is 2.25. The maximum Gasteiger partial charge on any atom is -0.0146 e. The van der Waals surface area contributed by atoms with Crippen molar-refractivity contribution >= 4 is 0 Å². The Kier molecular flexibility index (Phi) is 5.36. The van der Waals surface area contributed by atoms with Gasteiger partial charge < -0.3 is 0 Å². The van der Waals surface area contributed by atoms with Gasteiger partial charge in [0, 0.05) is 0 Å². The predicted octanol–water partition coefficient (Wildman–Crippen LogP) is 4.17. The Morgan fingerprint density at radius 1 is 1.14 bits per heavy atom. The molecule has 14 heavy (non-hydrogen) atoms. The topological polar surface area (TPSA) is 0 Å². The SMILES string of the molecule is CCCCCCc1[c]cccc1CC.